The van der Waals surface area contributed by atoms with Crippen LogP contribution in [0, 0.1) is 0 Å². The van der Waals surface area contributed by atoms with Gasteiger partial charge in [-0.15, -0.1) is 11.3 Å². The summed E-state index contributed by atoms with van der Waals surface area (Å²) >= 11 is 4.96. The smallest absolute Gasteiger partial charge is 0.261 e. The molecule has 0 aliphatic carbocycles. The molecule has 0 saturated heterocycles. The summed E-state index contributed by atoms with van der Waals surface area (Å²) < 4.78 is 3.21. The summed E-state index contributed by atoms with van der Waals surface area (Å²) in [5, 5.41) is 4.88. The second-order valence-corrected chi connectivity index (χ2v) is 7.76. The van der Waals surface area contributed by atoms with Gasteiger partial charge in [-0.1, -0.05) is 46.3 Å². The zero-order valence-electron chi connectivity index (χ0n) is 13.9. The molecule has 130 valence electrons. The van der Waals surface area contributed by atoms with Gasteiger partial charge in [0.2, 0.25) is 0 Å². The Morgan fingerprint density at radius 1 is 1.12 bits per heavy atom. The Labute approximate surface area is 163 Å². The topological polar surface area (TPSA) is 46.9 Å². The number of hydrogen-bond donors (Lipinski definition) is 1. The van der Waals surface area contributed by atoms with Crippen LogP contribution in [0.15, 0.2) is 70.5 Å². The molecule has 26 heavy (non-hydrogen) atoms. The highest BCUT2D eigenvalue weighted by molar-refractivity contribution is 9.10. The number of thiophene rings is 1. The molecule has 1 amide bonds. The Morgan fingerprint density at radius 3 is 2.81 bits per heavy atom. The van der Waals surface area contributed by atoms with Gasteiger partial charge in [0.1, 0.15) is 5.82 Å². The van der Waals surface area contributed by atoms with E-state index in [4.69, 9.17) is 4.98 Å². The van der Waals surface area contributed by atoms with Crippen LogP contribution in [0.2, 0.25) is 0 Å². The number of rotatable bonds is 5. The van der Waals surface area contributed by atoms with Crippen LogP contribution in [0.25, 0.3) is 11.0 Å². The van der Waals surface area contributed by atoms with E-state index in [-0.39, 0.29) is 5.91 Å². The van der Waals surface area contributed by atoms with E-state index in [2.05, 4.69) is 44.0 Å². The number of amides is 1. The summed E-state index contributed by atoms with van der Waals surface area (Å²) in [5.74, 6) is 0.775. The van der Waals surface area contributed by atoms with Crippen molar-refractivity contribution in [2.75, 3.05) is 0 Å². The normalized spacial score (nSPS) is 11.0. The third-order valence-corrected chi connectivity index (χ3v) is 5.48. The average molecular weight is 426 g/mol. The molecule has 4 rings (SSSR count). The van der Waals surface area contributed by atoms with Crippen LogP contribution in [-0.4, -0.2) is 15.5 Å². The molecule has 2 aromatic carbocycles. The average Bonchev–Trinajstić information content (AvgIpc) is 3.29. The fraction of sp³-hybridized carbons (Fsp3) is 0.100. The van der Waals surface area contributed by atoms with Crippen molar-refractivity contribution in [2.45, 2.75) is 13.1 Å². The van der Waals surface area contributed by atoms with E-state index < -0.39 is 0 Å². The highest BCUT2D eigenvalue weighted by atomic mass is 79.9. The number of fused-ring (bicyclic) bond motifs is 1. The molecule has 4 aromatic rings. The summed E-state index contributed by atoms with van der Waals surface area (Å²) in [6, 6.07) is 20.0. The van der Waals surface area contributed by atoms with Crippen LogP contribution >= 0.6 is 27.3 Å². The number of halogens is 1. The van der Waals surface area contributed by atoms with Gasteiger partial charge in [0, 0.05) is 11.0 Å². The van der Waals surface area contributed by atoms with Crippen LogP contribution in [0.1, 0.15) is 21.1 Å². The fourth-order valence-electron chi connectivity index (χ4n) is 2.91. The Balaban J connectivity index is 1.64. The van der Waals surface area contributed by atoms with E-state index >= 15 is 0 Å². The summed E-state index contributed by atoms with van der Waals surface area (Å²) in [6.45, 7) is 1.09. The third kappa shape index (κ3) is 3.57. The lowest BCUT2D eigenvalue weighted by Gasteiger charge is -2.10. The number of para-hydroxylation sites is 2. The van der Waals surface area contributed by atoms with Gasteiger partial charge < -0.3 is 9.88 Å². The summed E-state index contributed by atoms with van der Waals surface area (Å²) in [7, 11) is 0. The number of carbonyl (C=O) groups is 1. The van der Waals surface area contributed by atoms with Crippen molar-refractivity contribution in [3.63, 3.8) is 0 Å². The molecule has 0 atom stereocenters. The summed E-state index contributed by atoms with van der Waals surface area (Å²) in [6.07, 6.45) is 0. The van der Waals surface area contributed by atoms with E-state index in [0.717, 1.165) is 21.3 Å². The van der Waals surface area contributed by atoms with Crippen molar-refractivity contribution >= 4 is 44.2 Å². The molecule has 0 radical (unpaired) electrons. The molecule has 2 heterocycles. The number of nitrogens with zero attached hydrogens (tertiary/aromatic N) is 2. The zero-order chi connectivity index (χ0) is 17.9. The molecule has 0 bridgehead atoms. The molecule has 0 fully saturated rings. The maximum absolute atomic E-state index is 12.3. The van der Waals surface area contributed by atoms with E-state index in [0.29, 0.717) is 18.0 Å². The number of carbonyl (C=O) groups excluding carboxylic acids is 1. The fourth-order valence-corrected chi connectivity index (χ4v) is 4.00. The van der Waals surface area contributed by atoms with Crippen LogP contribution in [0.5, 0.6) is 0 Å². The molecular formula is C20H16BrN3OS. The molecule has 4 nitrogen and oxygen atoms in total. The molecule has 0 saturated carbocycles. The number of aromatic nitrogens is 2. The zero-order valence-corrected chi connectivity index (χ0v) is 16.3. The second-order valence-electron chi connectivity index (χ2n) is 5.89. The van der Waals surface area contributed by atoms with E-state index in [1.165, 1.54) is 16.9 Å². The Bertz CT molecular complexity index is 1060. The number of benzene rings is 2. The molecule has 0 aliphatic heterocycles. The SMILES string of the molecule is O=C(NCc1nc2ccccc2n1Cc1cccc(Br)c1)c1cccs1. The van der Waals surface area contributed by atoms with Crippen LogP contribution < -0.4 is 5.32 Å². The predicted octanol–water partition coefficient (Wildman–Crippen LogP) is 4.84. The second kappa shape index (κ2) is 7.43. The van der Waals surface area contributed by atoms with Crippen molar-refractivity contribution in [1.29, 1.82) is 0 Å². The van der Waals surface area contributed by atoms with Crippen molar-refractivity contribution in [1.82, 2.24) is 14.9 Å². The van der Waals surface area contributed by atoms with E-state index in [9.17, 15) is 4.79 Å². The third-order valence-electron chi connectivity index (χ3n) is 4.12. The van der Waals surface area contributed by atoms with Crippen molar-refractivity contribution in [3.8, 4) is 0 Å². The minimum Gasteiger partial charge on any atom is -0.344 e. The largest absolute Gasteiger partial charge is 0.344 e. The lowest BCUT2D eigenvalue weighted by atomic mass is 10.2. The molecular weight excluding hydrogens is 410 g/mol. The standard InChI is InChI=1S/C20H16BrN3OS/c21-15-6-3-5-14(11-15)13-24-17-8-2-1-7-16(17)23-19(24)12-22-20(25)18-9-4-10-26-18/h1-11H,12-13H2,(H,22,25). The maximum atomic E-state index is 12.3. The van der Waals surface area contributed by atoms with E-state index in [1.54, 1.807) is 0 Å². The Morgan fingerprint density at radius 2 is 2.00 bits per heavy atom. The molecule has 0 spiro atoms. The van der Waals surface area contributed by atoms with Gasteiger partial charge in [-0.3, -0.25) is 4.79 Å². The lowest BCUT2D eigenvalue weighted by molar-refractivity contribution is 0.0953. The summed E-state index contributed by atoms with van der Waals surface area (Å²) in [5.41, 5.74) is 3.17. The van der Waals surface area contributed by atoms with Gasteiger partial charge in [0.25, 0.3) is 5.91 Å². The summed E-state index contributed by atoms with van der Waals surface area (Å²) in [4.78, 5) is 17.7. The van der Waals surface area contributed by atoms with Gasteiger partial charge >= 0.3 is 0 Å². The predicted molar refractivity (Wildman–Crippen MR) is 108 cm³/mol. The number of hydrogen-bond acceptors (Lipinski definition) is 3. The first-order chi connectivity index (χ1) is 12.7. The highest BCUT2D eigenvalue weighted by Gasteiger charge is 2.13. The minimum absolute atomic E-state index is 0.0685. The van der Waals surface area contributed by atoms with Gasteiger partial charge in [-0.25, -0.2) is 4.98 Å². The minimum atomic E-state index is -0.0685. The molecule has 6 heteroatoms. The van der Waals surface area contributed by atoms with Crippen molar-refractivity contribution < 1.29 is 4.79 Å². The molecule has 2 aromatic heterocycles. The first kappa shape index (κ1) is 17.0. The van der Waals surface area contributed by atoms with Crippen LogP contribution in [-0.2, 0) is 13.1 Å². The van der Waals surface area contributed by atoms with Gasteiger partial charge in [-0.05, 0) is 41.3 Å². The first-order valence-corrected chi connectivity index (χ1v) is 9.88. The van der Waals surface area contributed by atoms with E-state index in [1.807, 2.05) is 47.8 Å². The van der Waals surface area contributed by atoms with Crippen molar-refractivity contribution in [3.05, 3.63) is 86.8 Å². The van der Waals surface area contributed by atoms with Gasteiger partial charge in [0.05, 0.1) is 22.5 Å². The first-order valence-electron chi connectivity index (χ1n) is 8.21. The monoisotopic (exact) mass is 425 g/mol. The number of imidazole rings is 1. The van der Waals surface area contributed by atoms with Crippen molar-refractivity contribution in [2.24, 2.45) is 0 Å². The van der Waals surface area contributed by atoms with Gasteiger partial charge in [-0.2, -0.15) is 0 Å². The Kier molecular flexibility index (Phi) is 4.86. The molecule has 0 aliphatic rings. The van der Waals surface area contributed by atoms with Crippen LogP contribution in [0.3, 0.4) is 0 Å². The lowest BCUT2D eigenvalue weighted by Crippen LogP contribution is -2.24. The quantitative estimate of drug-likeness (QED) is 0.497. The Hall–Kier alpha value is -2.44. The highest BCUT2D eigenvalue weighted by Crippen LogP contribution is 2.20. The number of nitrogens with one attached hydrogen (secondary N) is 1. The molecule has 1 N–H and O–H groups in total. The van der Waals surface area contributed by atoms with Crippen LogP contribution in [0.4, 0.5) is 0 Å². The molecule has 0 unspecified atom stereocenters. The van der Waals surface area contributed by atoms with Gasteiger partial charge in [0.15, 0.2) is 0 Å². The maximum Gasteiger partial charge on any atom is 0.261 e.